The van der Waals surface area contributed by atoms with Crippen LogP contribution in [0.4, 0.5) is 0 Å². The SMILES string of the molecule is O=C1CC(c2cc(Cl)cs2)N1. The molecule has 1 aromatic heterocycles. The van der Waals surface area contributed by atoms with Crippen LogP contribution >= 0.6 is 22.9 Å². The maximum atomic E-state index is 10.6. The molecular formula is C7H6ClNOS. The van der Waals surface area contributed by atoms with Gasteiger partial charge >= 0.3 is 0 Å². The number of thiophene rings is 1. The second kappa shape index (κ2) is 2.50. The molecule has 4 heteroatoms. The zero-order chi connectivity index (χ0) is 7.84. The summed E-state index contributed by atoms with van der Waals surface area (Å²) in [4.78, 5) is 11.7. The van der Waals surface area contributed by atoms with Gasteiger partial charge in [-0.15, -0.1) is 11.3 Å². The van der Waals surface area contributed by atoms with Crippen molar-refractivity contribution in [1.82, 2.24) is 5.32 Å². The highest BCUT2D eigenvalue weighted by Crippen LogP contribution is 2.30. The van der Waals surface area contributed by atoms with Crippen LogP contribution in [0.25, 0.3) is 0 Å². The van der Waals surface area contributed by atoms with E-state index in [9.17, 15) is 4.79 Å². The topological polar surface area (TPSA) is 29.1 Å². The number of halogens is 1. The lowest BCUT2D eigenvalue weighted by Crippen LogP contribution is -2.40. The van der Waals surface area contributed by atoms with Gasteiger partial charge in [0.25, 0.3) is 0 Å². The Morgan fingerprint density at radius 1 is 1.73 bits per heavy atom. The lowest BCUT2D eigenvalue weighted by Gasteiger charge is -2.25. The van der Waals surface area contributed by atoms with Crippen LogP contribution in [0.1, 0.15) is 17.3 Å². The second-order valence-electron chi connectivity index (χ2n) is 2.49. The minimum Gasteiger partial charge on any atom is -0.348 e. The first-order valence-electron chi connectivity index (χ1n) is 3.29. The van der Waals surface area contributed by atoms with Crippen molar-refractivity contribution in [2.24, 2.45) is 0 Å². The lowest BCUT2D eigenvalue weighted by atomic mass is 10.1. The van der Waals surface area contributed by atoms with Gasteiger partial charge in [-0.05, 0) is 6.07 Å². The van der Waals surface area contributed by atoms with E-state index < -0.39 is 0 Å². The van der Waals surface area contributed by atoms with Crippen LogP contribution in [-0.4, -0.2) is 5.91 Å². The average molecular weight is 188 g/mol. The van der Waals surface area contributed by atoms with Gasteiger partial charge in [-0.2, -0.15) is 0 Å². The quantitative estimate of drug-likeness (QED) is 0.670. The Morgan fingerprint density at radius 3 is 2.91 bits per heavy atom. The monoisotopic (exact) mass is 187 g/mol. The van der Waals surface area contributed by atoms with Gasteiger partial charge in [-0.3, -0.25) is 4.79 Å². The zero-order valence-electron chi connectivity index (χ0n) is 5.63. The van der Waals surface area contributed by atoms with E-state index in [-0.39, 0.29) is 11.9 Å². The van der Waals surface area contributed by atoms with E-state index in [4.69, 9.17) is 11.6 Å². The van der Waals surface area contributed by atoms with Gasteiger partial charge in [0.15, 0.2) is 0 Å². The predicted molar refractivity (Wildman–Crippen MR) is 44.8 cm³/mol. The normalized spacial score (nSPS) is 22.6. The Kier molecular flexibility index (Phi) is 1.62. The van der Waals surface area contributed by atoms with E-state index in [0.29, 0.717) is 6.42 Å². The Morgan fingerprint density at radius 2 is 2.45 bits per heavy atom. The molecule has 1 amide bonds. The van der Waals surface area contributed by atoms with Crippen LogP contribution < -0.4 is 5.32 Å². The van der Waals surface area contributed by atoms with Crippen LogP contribution in [0.2, 0.25) is 5.02 Å². The standard InChI is InChI=1S/C7H6ClNOS/c8-4-1-6(11-3-4)5-2-7(10)9-5/h1,3,5H,2H2,(H,9,10). The molecule has 2 heterocycles. The maximum Gasteiger partial charge on any atom is 0.222 e. The molecule has 58 valence electrons. The summed E-state index contributed by atoms with van der Waals surface area (Å²) < 4.78 is 0. The van der Waals surface area contributed by atoms with Crippen LogP contribution in [-0.2, 0) is 4.79 Å². The average Bonchev–Trinajstić information content (AvgIpc) is 2.29. The summed E-state index contributed by atoms with van der Waals surface area (Å²) in [6.45, 7) is 0. The molecule has 0 spiro atoms. The molecule has 11 heavy (non-hydrogen) atoms. The van der Waals surface area contributed by atoms with Gasteiger partial charge in [0, 0.05) is 10.3 Å². The van der Waals surface area contributed by atoms with Crippen LogP contribution in [0.3, 0.4) is 0 Å². The predicted octanol–water partition coefficient (Wildman–Crippen LogP) is 1.96. The molecule has 0 saturated carbocycles. The molecule has 1 aromatic rings. The first kappa shape index (κ1) is 7.13. The smallest absolute Gasteiger partial charge is 0.222 e. The molecule has 0 aliphatic carbocycles. The highest BCUT2D eigenvalue weighted by atomic mass is 35.5. The van der Waals surface area contributed by atoms with Crippen LogP contribution in [0, 0.1) is 0 Å². The summed E-state index contributed by atoms with van der Waals surface area (Å²) >= 11 is 7.31. The Hall–Kier alpha value is -0.540. The molecule has 1 saturated heterocycles. The number of carbonyl (C=O) groups is 1. The molecule has 1 fully saturated rings. The summed E-state index contributed by atoms with van der Waals surface area (Å²) in [6, 6.07) is 2.12. The van der Waals surface area contributed by atoms with Gasteiger partial charge in [0.1, 0.15) is 0 Å². The Labute approximate surface area is 73.2 Å². The minimum absolute atomic E-state index is 0.125. The molecule has 1 atom stereocenters. The van der Waals surface area contributed by atoms with E-state index in [1.165, 1.54) is 0 Å². The van der Waals surface area contributed by atoms with E-state index in [1.54, 1.807) is 11.3 Å². The van der Waals surface area contributed by atoms with Crippen molar-refractivity contribution in [3.05, 3.63) is 21.3 Å². The molecule has 0 aromatic carbocycles. The number of hydrogen-bond acceptors (Lipinski definition) is 2. The molecule has 1 unspecified atom stereocenters. The van der Waals surface area contributed by atoms with Crippen molar-refractivity contribution in [3.63, 3.8) is 0 Å². The highest BCUT2D eigenvalue weighted by molar-refractivity contribution is 7.10. The minimum atomic E-state index is 0.125. The summed E-state index contributed by atoms with van der Waals surface area (Å²) in [6.07, 6.45) is 0.608. The molecule has 2 rings (SSSR count). The Balaban J connectivity index is 2.12. The number of rotatable bonds is 1. The largest absolute Gasteiger partial charge is 0.348 e. The van der Waals surface area contributed by atoms with Crippen molar-refractivity contribution < 1.29 is 4.79 Å². The third-order valence-corrected chi connectivity index (χ3v) is 3.05. The van der Waals surface area contributed by atoms with Crippen molar-refractivity contribution in [1.29, 1.82) is 0 Å². The molecular weight excluding hydrogens is 182 g/mol. The first-order valence-corrected chi connectivity index (χ1v) is 4.55. The summed E-state index contributed by atoms with van der Waals surface area (Å²) in [7, 11) is 0. The number of hydrogen-bond donors (Lipinski definition) is 1. The number of nitrogens with one attached hydrogen (secondary N) is 1. The van der Waals surface area contributed by atoms with Gasteiger partial charge in [-0.25, -0.2) is 0 Å². The second-order valence-corrected chi connectivity index (χ2v) is 3.87. The molecule has 1 N–H and O–H groups in total. The lowest BCUT2D eigenvalue weighted by molar-refractivity contribution is -0.128. The third-order valence-electron chi connectivity index (χ3n) is 1.66. The molecule has 1 aliphatic rings. The van der Waals surface area contributed by atoms with Crippen molar-refractivity contribution in [3.8, 4) is 0 Å². The summed E-state index contributed by atoms with van der Waals surface area (Å²) in [5.74, 6) is 0.125. The zero-order valence-corrected chi connectivity index (χ0v) is 7.21. The van der Waals surface area contributed by atoms with Crippen molar-refractivity contribution in [2.45, 2.75) is 12.5 Å². The van der Waals surface area contributed by atoms with E-state index >= 15 is 0 Å². The molecule has 0 radical (unpaired) electrons. The van der Waals surface area contributed by atoms with E-state index in [2.05, 4.69) is 5.32 Å². The van der Waals surface area contributed by atoms with Gasteiger partial charge in [-0.1, -0.05) is 11.6 Å². The van der Waals surface area contributed by atoms with Crippen molar-refractivity contribution in [2.75, 3.05) is 0 Å². The number of carbonyl (C=O) groups excluding carboxylic acids is 1. The maximum absolute atomic E-state index is 10.6. The van der Waals surface area contributed by atoms with Gasteiger partial charge in [0.05, 0.1) is 17.5 Å². The van der Waals surface area contributed by atoms with Crippen LogP contribution in [0.15, 0.2) is 11.4 Å². The molecule has 1 aliphatic heterocycles. The Bertz CT molecular complexity index is 288. The first-order chi connectivity index (χ1) is 5.25. The summed E-state index contributed by atoms with van der Waals surface area (Å²) in [5.41, 5.74) is 0. The number of β-lactam (4-membered cyclic amide) rings is 1. The third kappa shape index (κ3) is 1.26. The fraction of sp³-hybridized carbons (Fsp3) is 0.286. The fourth-order valence-corrected chi connectivity index (χ4v) is 2.18. The van der Waals surface area contributed by atoms with E-state index in [1.807, 2.05) is 11.4 Å². The van der Waals surface area contributed by atoms with Gasteiger partial charge in [0.2, 0.25) is 5.91 Å². The summed E-state index contributed by atoms with van der Waals surface area (Å²) in [5, 5.41) is 5.42. The van der Waals surface area contributed by atoms with Gasteiger partial charge < -0.3 is 5.32 Å². The van der Waals surface area contributed by atoms with Crippen molar-refractivity contribution >= 4 is 28.8 Å². The molecule has 0 bridgehead atoms. The van der Waals surface area contributed by atoms with E-state index in [0.717, 1.165) is 9.90 Å². The molecule has 2 nitrogen and oxygen atoms in total. The van der Waals surface area contributed by atoms with Crippen LogP contribution in [0.5, 0.6) is 0 Å². The highest BCUT2D eigenvalue weighted by Gasteiger charge is 2.27. The number of amides is 1. The fourth-order valence-electron chi connectivity index (χ4n) is 1.04.